The number of nitrogens with one attached hydrogen (secondary N) is 1. The maximum absolute atomic E-state index is 13.1. The topological polar surface area (TPSA) is 137 Å². The Labute approximate surface area is 315 Å². The predicted octanol–water partition coefficient (Wildman–Crippen LogP) is 7.56. The van der Waals surface area contributed by atoms with Crippen molar-refractivity contribution < 1.29 is 26.7 Å². The van der Waals surface area contributed by atoms with Crippen LogP contribution in [0.25, 0.3) is 0 Å². The summed E-state index contributed by atoms with van der Waals surface area (Å²) < 4.78 is 58.0. The highest BCUT2D eigenvalue weighted by Gasteiger charge is 2.31. The Bertz CT molecular complexity index is 1780. The lowest BCUT2D eigenvalue weighted by Gasteiger charge is -2.33. The molecule has 4 heterocycles. The van der Waals surface area contributed by atoms with Gasteiger partial charge in [0, 0.05) is 36.8 Å². The number of nitrogens with zero attached hydrogens (tertiary/aromatic N) is 3. The number of aliphatic carboxylic acids is 1. The van der Waals surface area contributed by atoms with Crippen molar-refractivity contribution >= 4 is 86.6 Å². The number of pyridine rings is 1. The maximum Gasteiger partial charge on any atom is 0.322 e. The molecule has 10 nitrogen and oxygen atoms in total. The fourth-order valence-electron chi connectivity index (χ4n) is 6.57. The van der Waals surface area contributed by atoms with Gasteiger partial charge in [0.25, 0.3) is 10.0 Å². The monoisotopic (exact) mass is 878 g/mol. The SMILES string of the molecule is O=C(O)[C@H](Cc1ccccc1)NS(=O)(=O)c1cnc(N2CCC(CCCCCC3CCN(S(=O)(=O)c4cc(Br)c(Cl)s4)CC3)CC2)c(Br)c1. The first-order valence-electron chi connectivity index (χ1n) is 16.5. The number of carboxylic acid groups (broad SMARTS) is 1. The molecule has 0 amide bonds. The Morgan fingerprint density at radius 1 is 0.939 bits per heavy atom. The van der Waals surface area contributed by atoms with Gasteiger partial charge in [-0.05, 0) is 93.5 Å². The summed E-state index contributed by atoms with van der Waals surface area (Å²) in [6.07, 6.45) is 11.0. The van der Waals surface area contributed by atoms with Crippen LogP contribution in [0.3, 0.4) is 0 Å². The standard InChI is InChI=1S/C33H41Br2ClN4O6S3/c34-27-21-30(47-31(27)36)49(45,46)40-17-13-24(14-18-40)8-4-1-3-7-23-11-15-39(16-12-23)32-28(35)20-26(22-37-32)48(43,44)38-29(33(41)42)19-25-9-5-2-6-10-25/h2,5-6,9-10,20-24,29,38H,1,3-4,7-8,11-19H2,(H,41,42)/t29-/m0/s1. The summed E-state index contributed by atoms with van der Waals surface area (Å²) in [5.74, 6) is 0.627. The fourth-order valence-corrected chi connectivity index (χ4v) is 12.4. The van der Waals surface area contributed by atoms with Gasteiger partial charge < -0.3 is 10.0 Å². The van der Waals surface area contributed by atoms with E-state index in [1.54, 1.807) is 34.6 Å². The van der Waals surface area contributed by atoms with Crippen molar-refractivity contribution in [1.29, 1.82) is 0 Å². The molecule has 0 aliphatic carbocycles. The van der Waals surface area contributed by atoms with Gasteiger partial charge in [-0.25, -0.2) is 21.8 Å². The van der Waals surface area contributed by atoms with Crippen molar-refractivity contribution in [3.8, 4) is 0 Å². The lowest BCUT2D eigenvalue weighted by atomic mass is 9.89. The molecule has 2 N–H and O–H groups in total. The summed E-state index contributed by atoms with van der Waals surface area (Å²) >= 11 is 14.0. The molecule has 268 valence electrons. The minimum absolute atomic E-state index is 0.0244. The van der Waals surface area contributed by atoms with Gasteiger partial charge in [-0.1, -0.05) is 74.0 Å². The quantitative estimate of drug-likeness (QED) is 0.149. The molecule has 2 aliphatic heterocycles. The van der Waals surface area contributed by atoms with Gasteiger partial charge >= 0.3 is 5.97 Å². The van der Waals surface area contributed by atoms with Crippen LogP contribution in [0, 0.1) is 11.8 Å². The van der Waals surface area contributed by atoms with E-state index in [0.29, 0.717) is 48.2 Å². The van der Waals surface area contributed by atoms with Crippen LogP contribution >= 0.6 is 54.8 Å². The van der Waals surface area contributed by atoms with E-state index < -0.39 is 32.1 Å². The second-order valence-electron chi connectivity index (χ2n) is 12.8. The van der Waals surface area contributed by atoms with Crippen molar-refractivity contribution in [3.63, 3.8) is 0 Å². The van der Waals surface area contributed by atoms with Gasteiger partial charge in [0.05, 0.1) is 4.47 Å². The average molecular weight is 881 g/mol. The van der Waals surface area contributed by atoms with E-state index in [1.165, 1.54) is 31.5 Å². The Hall–Kier alpha value is -1.59. The molecule has 16 heteroatoms. The zero-order valence-electron chi connectivity index (χ0n) is 26.9. The summed E-state index contributed by atoms with van der Waals surface area (Å²) in [5.41, 5.74) is 0.717. The van der Waals surface area contributed by atoms with Crippen molar-refractivity contribution in [2.75, 3.05) is 31.1 Å². The first kappa shape index (κ1) is 38.6. The second kappa shape index (κ2) is 17.3. The molecule has 0 radical (unpaired) electrons. The summed E-state index contributed by atoms with van der Waals surface area (Å²) in [4.78, 5) is 18.4. The van der Waals surface area contributed by atoms with Gasteiger partial charge in [-0.15, -0.1) is 11.3 Å². The third-order valence-electron chi connectivity index (χ3n) is 9.41. The van der Waals surface area contributed by atoms with Crippen LogP contribution in [0.1, 0.15) is 63.4 Å². The number of benzene rings is 1. The van der Waals surface area contributed by atoms with Crippen LogP contribution in [-0.2, 0) is 31.3 Å². The number of halogens is 3. The van der Waals surface area contributed by atoms with Crippen LogP contribution in [0.2, 0.25) is 4.34 Å². The number of piperidine rings is 2. The molecule has 2 aliphatic rings. The van der Waals surface area contributed by atoms with E-state index in [0.717, 1.165) is 68.5 Å². The summed E-state index contributed by atoms with van der Waals surface area (Å²) in [7, 11) is -7.61. The maximum atomic E-state index is 13.1. The molecule has 0 unspecified atom stereocenters. The lowest BCUT2D eigenvalue weighted by Crippen LogP contribution is -2.42. The molecule has 5 rings (SSSR count). The number of thiophene rings is 1. The third kappa shape index (κ3) is 10.3. The molecule has 1 aromatic carbocycles. The van der Waals surface area contributed by atoms with Crippen LogP contribution in [0.15, 0.2) is 66.7 Å². The second-order valence-corrected chi connectivity index (χ2v) is 20.0. The molecule has 0 saturated carbocycles. The number of hydrogen-bond donors (Lipinski definition) is 2. The molecule has 1 atom stereocenters. The van der Waals surface area contributed by atoms with Crippen LogP contribution in [0.5, 0.6) is 0 Å². The van der Waals surface area contributed by atoms with Gasteiger partial charge in [0.1, 0.15) is 25.3 Å². The molecular weight excluding hydrogens is 840 g/mol. The van der Waals surface area contributed by atoms with E-state index in [2.05, 4.69) is 46.5 Å². The molecule has 0 bridgehead atoms. The highest BCUT2D eigenvalue weighted by molar-refractivity contribution is 9.11. The molecule has 49 heavy (non-hydrogen) atoms. The number of sulfonamides is 2. The van der Waals surface area contributed by atoms with E-state index in [4.69, 9.17) is 11.6 Å². The van der Waals surface area contributed by atoms with E-state index in [-0.39, 0.29) is 11.3 Å². The first-order chi connectivity index (χ1) is 23.3. The fraction of sp³-hybridized carbons (Fsp3) is 0.515. The Morgan fingerprint density at radius 2 is 1.55 bits per heavy atom. The van der Waals surface area contributed by atoms with E-state index in [9.17, 15) is 26.7 Å². The van der Waals surface area contributed by atoms with Crippen LogP contribution in [-0.4, -0.2) is 69.4 Å². The third-order valence-corrected chi connectivity index (χ3v) is 16.3. The van der Waals surface area contributed by atoms with Crippen molar-refractivity contribution in [2.45, 2.75) is 79.4 Å². The Balaban J connectivity index is 1.01. The van der Waals surface area contributed by atoms with Gasteiger partial charge in [0.2, 0.25) is 10.0 Å². The van der Waals surface area contributed by atoms with Crippen LogP contribution in [0.4, 0.5) is 5.82 Å². The summed E-state index contributed by atoms with van der Waals surface area (Å²) in [6, 6.07) is 10.7. The highest BCUT2D eigenvalue weighted by Crippen LogP contribution is 2.37. The van der Waals surface area contributed by atoms with Gasteiger partial charge in [-0.2, -0.15) is 9.03 Å². The number of carbonyl (C=O) groups is 1. The number of anilines is 1. The predicted molar refractivity (Wildman–Crippen MR) is 200 cm³/mol. The Kier molecular flexibility index (Phi) is 13.6. The summed E-state index contributed by atoms with van der Waals surface area (Å²) in [5, 5.41) is 9.66. The van der Waals surface area contributed by atoms with Crippen molar-refractivity contribution in [3.05, 3.63) is 67.5 Å². The zero-order chi connectivity index (χ0) is 35.2. The number of rotatable bonds is 15. The normalized spacial score (nSPS) is 17.7. The minimum Gasteiger partial charge on any atom is -0.480 e. The molecule has 2 aromatic heterocycles. The van der Waals surface area contributed by atoms with E-state index >= 15 is 0 Å². The Morgan fingerprint density at radius 3 is 2.10 bits per heavy atom. The lowest BCUT2D eigenvalue weighted by molar-refractivity contribution is -0.138. The van der Waals surface area contributed by atoms with Gasteiger partial charge in [0.15, 0.2) is 0 Å². The van der Waals surface area contributed by atoms with Crippen molar-refractivity contribution in [2.24, 2.45) is 11.8 Å². The minimum atomic E-state index is -4.12. The number of aromatic nitrogens is 1. The molecule has 0 spiro atoms. The number of hydrogen-bond acceptors (Lipinski definition) is 8. The van der Waals surface area contributed by atoms with E-state index in [1.807, 2.05) is 6.07 Å². The zero-order valence-corrected chi connectivity index (χ0v) is 33.3. The average Bonchev–Trinajstić information content (AvgIpc) is 3.43. The molecule has 2 saturated heterocycles. The molecule has 3 aromatic rings. The van der Waals surface area contributed by atoms with Crippen LogP contribution < -0.4 is 9.62 Å². The number of unbranched alkanes of at least 4 members (excludes halogenated alkanes) is 2. The molecular formula is C33H41Br2ClN4O6S3. The van der Waals surface area contributed by atoms with Crippen molar-refractivity contribution in [1.82, 2.24) is 14.0 Å². The number of carboxylic acids is 1. The smallest absolute Gasteiger partial charge is 0.322 e. The largest absolute Gasteiger partial charge is 0.480 e. The molecule has 2 fully saturated rings. The summed E-state index contributed by atoms with van der Waals surface area (Å²) in [6.45, 7) is 2.77. The first-order valence-corrected chi connectivity index (χ1v) is 22.2. The highest BCUT2D eigenvalue weighted by atomic mass is 79.9. The van der Waals surface area contributed by atoms with Gasteiger partial charge in [-0.3, -0.25) is 4.79 Å².